The minimum absolute atomic E-state index is 0.173. The summed E-state index contributed by atoms with van der Waals surface area (Å²) in [5, 5.41) is 0. The van der Waals surface area contributed by atoms with Gasteiger partial charge in [-0.1, -0.05) is 19.1 Å². The summed E-state index contributed by atoms with van der Waals surface area (Å²) in [6.45, 7) is 1.96. The fourth-order valence-electron chi connectivity index (χ4n) is 1.36. The van der Waals surface area contributed by atoms with Crippen LogP contribution in [-0.2, 0) is 9.84 Å². The Hall–Kier alpha value is -0.000000000000000111. The third-order valence-corrected chi connectivity index (χ3v) is 5.48. The molecular formula is C11H15BrO2S2. The van der Waals surface area contributed by atoms with E-state index < -0.39 is 9.84 Å². The van der Waals surface area contributed by atoms with Crippen LogP contribution in [-0.4, -0.2) is 26.2 Å². The highest BCUT2D eigenvalue weighted by Crippen LogP contribution is 2.28. The molecule has 0 aliphatic rings. The van der Waals surface area contributed by atoms with Gasteiger partial charge in [0.05, 0.1) is 5.75 Å². The Morgan fingerprint density at radius 2 is 2.00 bits per heavy atom. The summed E-state index contributed by atoms with van der Waals surface area (Å²) in [7, 11) is -2.86. The third kappa shape index (κ3) is 5.37. The van der Waals surface area contributed by atoms with Gasteiger partial charge in [0.1, 0.15) is 9.84 Å². The van der Waals surface area contributed by atoms with Crippen molar-refractivity contribution < 1.29 is 8.42 Å². The molecule has 1 unspecified atom stereocenters. The van der Waals surface area contributed by atoms with Crippen LogP contribution in [0.2, 0.25) is 0 Å². The van der Waals surface area contributed by atoms with Crippen LogP contribution in [0.25, 0.3) is 0 Å². The molecule has 0 spiro atoms. The lowest BCUT2D eigenvalue weighted by atomic mass is 10.3. The number of benzene rings is 1. The van der Waals surface area contributed by atoms with Crippen molar-refractivity contribution in [2.24, 2.45) is 5.92 Å². The van der Waals surface area contributed by atoms with E-state index in [0.29, 0.717) is 0 Å². The Morgan fingerprint density at radius 3 is 2.56 bits per heavy atom. The summed E-state index contributed by atoms with van der Waals surface area (Å²) < 4.78 is 23.3. The molecule has 0 bridgehead atoms. The maximum Gasteiger partial charge on any atom is 0.147 e. The van der Waals surface area contributed by atoms with E-state index in [2.05, 4.69) is 15.9 Å². The minimum Gasteiger partial charge on any atom is -0.229 e. The lowest BCUT2D eigenvalue weighted by Gasteiger charge is -2.10. The Kier molecular flexibility index (Phi) is 5.34. The van der Waals surface area contributed by atoms with Gasteiger partial charge in [-0.2, -0.15) is 0 Å². The highest BCUT2D eigenvalue weighted by Gasteiger charge is 2.11. The normalized spacial score (nSPS) is 13.7. The zero-order valence-corrected chi connectivity index (χ0v) is 12.5. The van der Waals surface area contributed by atoms with Gasteiger partial charge in [0.2, 0.25) is 0 Å². The molecule has 0 N–H and O–H groups in total. The standard InChI is InChI=1S/C11H15BrO2S2/c1-9(8-16(2,13)14)7-15-11-6-4-3-5-10(11)12/h3-6,9H,7-8H2,1-2H3. The van der Waals surface area contributed by atoms with Gasteiger partial charge in [0.15, 0.2) is 0 Å². The van der Waals surface area contributed by atoms with E-state index in [4.69, 9.17) is 0 Å². The molecule has 0 saturated heterocycles. The Balaban J connectivity index is 2.49. The van der Waals surface area contributed by atoms with E-state index >= 15 is 0 Å². The number of hydrogen-bond donors (Lipinski definition) is 0. The van der Waals surface area contributed by atoms with Gasteiger partial charge in [-0.25, -0.2) is 8.42 Å². The van der Waals surface area contributed by atoms with Crippen LogP contribution in [0, 0.1) is 5.92 Å². The topological polar surface area (TPSA) is 34.1 Å². The van der Waals surface area contributed by atoms with Gasteiger partial charge in [-0.15, -0.1) is 11.8 Å². The van der Waals surface area contributed by atoms with Crippen molar-refractivity contribution in [1.82, 2.24) is 0 Å². The number of sulfone groups is 1. The quantitative estimate of drug-likeness (QED) is 0.780. The predicted molar refractivity (Wildman–Crippen MR) is 73.7 cm³/mol. The number of halogens is 1. The molecule has 90 valence electrons. The van der Waals surface area contributed by atoms with Crippen molar-refractivity contribution in [3.63, 3.8) is 0 Å². The molecule has 5 heteroatoms. The second-order valence-corrected chi connectivity index (χ2v) is 8.04. The Labute approximate surface area is 110 Å². The summed E-state index contributed by atoms with van der Waals surface area (Å²) in [5.74, 6) is 1.24. The smallest absolute Gasteiger partial charge is 0.147 e. The molecule has 1 aromatic carbocycles. The first-order chi connectivity index (χ1) is 7.38. The van der Waals surface area contributed by atoms with E-state index in [1.807, 2.05) is 31.2 Å². The van der Waals surface area contributed by atoms with Crippen LogP contribution in [0.5, 0.6) is 0 Å². The van der Waals surface area contributed by atoms with Gasteiger partial charge >= 0.3 is 0 Å². The predicted octanol–water partition coefficient (Wildman–Crippen LogP) is 3.22. The molecular weight excluding hydrogens is 308 g/mol. The van der Waals surface area contributed by atoms with E-state index in [-0.39, 0.29) is 11.7 Å². The van der Waals surface area contributed by atoms with E-state index in [1.165, 1.54) is 6.26 Å². The number of thioether (sulfide) groups is 1. The molecule has 0 aliphatic heterocycles. The Bertz CT molecular complexity index is 443. The molecule has 0 heterocycles. The first kappa shape index (κ1) is 14.1. The molecule has 0 fully saturated rings. The highest BCUT2D eigenvalue weighted by atomic mass is 79.9. The molecule has 0 amide bonds. The molecule has 1 aromatic rings. The lowest BCUT2D eigenvalue weighted by Crippen LogP contribution is -2.13. The van der Waals surface area contributed by atoms with Crippen LogP contribution in [0.1, 0.15) is 6.92 Å². The first-order valence-electron chi connectivity index (χ1n) is 4.93. The second-order valence-electron chi connectivity index (χ2n) is 3.94. The van der Waals surface area contributed by atoms with E-state index in [1.54, 1.807) is 11.8 Å². The maximum absolute atomic E-state index is 11.1. The summed E-state index contributed by atoms with van der Waals surface area (Å²) >= 11 is 5.15. The largest absolute Gasteiger partial charge is 0.229 e. The zero-order chi connectivity index (χ0) is 12.2. The summed E-state index contributed by atoms with van der Waals surface area (Å²) in [6.07, 6.45) is 1.28. The van der Waals surface area contributed by atoms with Gasteiger partial charge in [-0.3, -0.25) is 0 Å². The van der Waals surface area contributed by atoms with E-state index in [9.17, 15) is 8.42 Å². The average Bonchev–Trinajstić information content (AvgIpc) is 2.14. The van der Waals surface area contributed by atoms with Crippen LogP contribution < -0.4 is 0 Å². The maximum atomic E-state index is 11.1. The number of rotatable bonds is 5. The SMILES string of the molecule is CC(CSc1ccccc1Br)CS(C)(=O)=O. The van der Waals surface area contributed by atoms with Crippen molar-refractivity contribution in [3.8, 4) is 0 Å². The highest BCUT2D eigenvalue weighted by molar-refractivity contribution is 9.10. The second kappa shape index (κ2) is 6.07. The fraction of sp³-hybridized carbons (Fsp3) is 0.455. The first-order valence-corrected chi connectivity index (χ1v) is 8.77. The molecule has 1 atom stereocenters. The monoisotopic (exact) mass is 322 g/mol. The molecule has 0 radical (unpaired) electrons. The molecule has 0 aliphatic carbocycles. The van der Waals surface area contributed by atoms with Crippen molar-refractivity contribution >= 4 is 37.5 Å². The van der Waals surface area contributed by atoms with Gasteiger partial charge in [-0.05, 0) is 34.0 Å². The molecule has 2 nitrogen and oxygen atoms in total. The molecule has 16 heavy (non-hydrogen) atoms. The fourth-order valence-corrected chi connectivity index (χ4v) is 4.25. The minimum atomic E-state index is -2.86. The van der Waals surface area contributed by atoms with Crippen LogP contribution in [0.3, 0.4) is 0 Å². The molecule has 1 rings (SSSR count). The van der Waals surface area contributed by atoms with Crippen LogP contribution in [0.4, 0.5) is 0 Å². The van der Waals surface area contributed by atoms with Crippen molar-refractivity contribution in [2.45, 2.75) is 11.8 Å². The average molecular weight is 323 g/mol. The van der Waals surface area contributed by atoms with Gasteiger partial charge in [0.25, 0.3) is 0 Å². The summed E-state index contributed by atoms with van der Waals surface area (Å²) in [5.41, 5.74) is 0. The van der Waals surface area contributed by atoms with Crippen molar-refractivity contribution in [2.75, 3.05) is 17.8 Å². The van der Waals surface area contributed by atoms with Gasteiger partial charge in [0, 0.05) is 21.4 Å². The molecule has 0 saturated carbocycles. The summed E-state index contributed by atoms with van der Waals surface area (Å²) in [6, 6.07) is 7.97. The van der Waals surface area contributed by atoms with E-state index in [0.717, 1.165) is 15.1 Å². The van der Waals surface area contributed by atoms with Crippen LogP contribution >= 0.6 is 27.7 Å². The lowest BCUT2D eigenvalue weighted by molar-refractivity contribution is 0.589. The molecule has 0 aromatic heterocycles. The van der Waals surface area contributed by atoms with Crippen LogP contribution in [0.15, 0.2) is 33.6 Å². The Morgan fingerprint density at radius 1 is 1.38 bits per heavy atom. The van der Waals surface area contributed by atoms with Crippen molar-refractivity contribution in [1.29, 1.82) is 0 Å². The zero-order valence-electron chi connectivity index (χ0n) is 9.31. The van der Waals surface area contributed by atoms with Gasteiger partial charge < -0.3 is 0 Å². The number of hydrogen-bond acceptors (Lipinski definition) is 3. The third-order valence-electron chi connectivity index (χ3n) is 1.95. The summed E-state index contributed by atoms with van der Waals surface area (Å²) in [4.78, 5) is 1.16. The van der Waals surface area contributed by atoms with Crippen molar-refractivity contribution in [3.05, 3.63) is 28.7 Å².